The van der Waals surface area contributed by atoms with Gasteiger partial charge in [0.25, 0.3) is 0 Å². The number of nitrogens with two attached hydrogens (primary N) is 1. The molecule has 2 rings (SSSR count). The number of ether oxygens (including phenoxy) is 1. The van der Waals surface area contributed by atoms with Crippen LogP contribution in [0.25, 0.3) is 0 Å². The third kappa shape index (κ3) is 2.26. The molecule has 0 aliphatic heterocycles. The number of thiophene rings is 1. The predicted octanol–water partition coefficient (Wildman–Crippen LogP) is 3.19. The molecule has 0 saturated heterocycles. The minimum atomic E-state index is -0.103. The molecule has 0 bridgehead atoms. The van der Waals surface area contributed by atoms with Gasteiger partial charge in [-0.05, 0) is 35.4 Å². The van der Waals surface area contributed by atoms with Crippen LogP contribution >= 0.6 is 11.3 Å². The smallest absolute Gasteiger partial charge is 0.124 e. The van der Waals surface area contributed by atoms with Gasteiger partial charge in [0.2, 0.25) is 0 Å². The minimum Gasteiger partial charge on any atom is -0.494 e. The van der Waals surface area contributed by atoms with E-state index in [1.165, 1.54) is 0 Å². The summed E-state index contributed by atoms with van der Waals surface area (Å²) in [4.78, 5) is 0. The van der Waals surface area contributed by atoms with E-state index in [4.69, 9.17) is 10.5 Å². The number of hydrogen-bond acceptors (Lipinski definition) is 3. The highest BCUT2D eigenvalue weighted by atomic mass is 32.1. The van der Waals surface area contributed by atoms with Gasteiger partial charge in [0.1, 0.15) is 5.75 Å². The SMILES string of the molecule is CCOc1ccccc1C(N)c1ccsc1. The van der Waals surface area contributed by atoms with Crippen molar-refractivity contribution in [3.63, 3.8) is 0 Å². The van der Waals surface area contributed by atoms with Gasteiger partial charge in [0.15, 0.2) is 0 Å². The van der Waals surface area contributed by atoms with Crippen LogP contribution in [0.5, 0.6) is 5.75 Å². The first-order valence-corrected chi connectivity index (χ1v) is 6.26. The highest BCUT2D eigenvalue weighted by molar-refractivity contribution is 7.08. The number of benzene rings is 1. The Labute approximate surface area is 99.7 Å². The zero-order valence-corrected chi connectivity index (χ0v) is 10.0. The standard InChI is InChI=1S/C13H15NOS/c1-2-15-12-6-4-3-5-11(12)13(14)10-7-8-16-9-10/h3-9,13H,2,14H2,1H3. The van der Waals surface area contributed by atoms with Crippen molar-refractivity contribution in [2.24, 2.45) is 5.73 Å². The molecule has 2 aromatic rings. The molecule has 1 atom stereocenters. The van der Waals surface area contributed by atoms with Gasteiger partial charge in [-0.3, -0.25) is 0 Å². The maximum atomic E-state index is 6.22. The van der Waals surface area contributed by atoms with Crippen molar-refractivity contribution in [3.05, 3.63) is 52.2 Å². The van der Waals surface area contributed by atoms with E-state index in [0.717, 1.165) is 16.9 Å². The van der Waals surface area contributed by atoms with E-state index in [2.05, 4.69) is 11.4 Å². The maximum Gasteiger partial charge on any atom is 0.124 e. The number of rotatable bonds is 4. The fourth-order valence-electron chi connectivity index (χ4n) is 1.66. The highest BCUT2D eigenvalue weighted by Gasteiger charge is 2.13. The van der Waals surface area contributed by atoms with Gasteiger partial charge >= 0.3 is 0 Å². The summed E-state index contributed by atoms with van der Waals surface area (Å²) in [5.74, 6) is 0.878. The van der Waals surface area contributed by atoms with Crippen molar-refractivity contribution in [2.75, 3.05) is 6.61 Å². The largest absolute Gasteiger partial charge is 0.494 e. The topological polar surface area (TPSA) is 35.2 Å². The lowest BCUT2D eigenvalue weighted by Gasteiger charge is -2.15. The Morgan fingerprint density at radius 1 is 1.31 bits per heavy atom. The predicted molar refractivity (Wildman–Crippen MR) is 68.0 cm³/mol. The first-order valence-electron chi connectivity index (χ1n) is 5.32. The van der Waals surface area contributed by atoms with Crippen LogP contribution in [0.1, 0.15) is 24.1 Å². The molecule has 1 aromatic heterocycles. The summed E-state index contributed by atoms with van der Waals surface area (Å²) in [6.07, 6.45) is 0. The Morgan fingerprint density at radius 2 is 2.12 bits per heavy atom. The van der Waals surface area contributed by atoms with Crippen molar-refractivity contribution in [1.82, 2.24) is 0 Å². The summed E-state index contributed by atoms with van der Waals surface area (Å²) in [6.45, 7) is 2.64. The van der Waals surface area contributed by atoms with Crippen molar-refractivity contribution in [2.45, 2.75) is 13.0 Å². The maximum absolute atomic E-state index is 6.22. The molecule has 2 N–H and O–H groups in total. The Hall–Kier alpha value is -1.32. The summed E-state index contributed by atoms with van der Waals surface area (Å²) >= 11 is 1.66. The van der Waals surface area contributed by atoms with Crippen LogP contribution in [0.3, 0.4) is 0 Å². The van der Waals surface area contributed by atoms with Gasteiger partial charge in [0, 0.05) is 5.56 Å². The quantitative estimate of drug-likeness (QED) is 0.880. The second-order valence-corrected chi connectivity index (χ2v) is 4.29. The monoisotopic (exact) mass is 233 g/mol. The van der Waals surface area contributed by atoms with Crippen LogP contribution in [-0.2, 0) is 0 Å². The van der Waals surface area contributed by atoms with E-state index >= 15 is 0 Å². The Bertz CT molecular complexity index is 439. The fourth-order valence-corrected chi connectivity index (χ4v) is 2.35. The molecule has 0 fully saturated rings. The van der Waals surface area contributed by atoms with Gasteiger partial charge in [0.05, 0.1) is 12.6 Å². The summed E-state index contributed by atoms with van der Waals surface area (Å²) < 4.78 is 5.58. The molecule has 0 radical (unpaired) electrons. The van der Waals surface area contributed by atoms with Crippen molar-refractivity contribution in [3.8, 4) is 5.75 Å². The lowest BCUT2D eigenvalue weighted by Crippen LogP contribution is -2.12. The van der Waals surface area contributed by atoms with E-state index in [1.54, 1.807) is 11.3 Å². The third-order valence-electron chi connectivity index (χ3n) is 2.46. The van der Waals surface area contributed by atoms with E-state index in [9.17, 15) is 0 Å². The van der Waals surface area contributed by atoms with E-state index < -0.39 is 0 Å². The van der Waals surface area contributed by atoms with Crippen molar-refractivity contribution in [1.29, 1.82) is 0 Å². The zero-order valence-electron chi connectivity index (χ0n) is 9.22. The first-order chi connectivity index (χ1) is 7.83. The van der Waals surface area contributed by atoms with Crippen LogP contribution in [0, 0.1) is 0 Å². The Morgan fingerprint density at radius 3 is 2.81 bits per heavy atom. The van der Waals surface area contributed by atoms with Gasteiger partial charge in [-0.15, -0.1) is 0 Å². The summed E-state index contributed by atoms with van der Waals surface area (Å²) in [5.41, 5.74) is 8.40. The molecule has 1 heterocycles. The molecule has 84 valence electrons. The van der Waals surface area contributed by atoms with E-state index in [-0.39, 0.29) is 6.04 Å². The van der Waals surface area contributed by atoms with Crippen LogP contribution in [-0.4, -0.2) is 6.61 Å². The zero-order chi connectivity index (χ0) is 11.4. The fraction of sp³-hybridized carbons (Fsp3) is 0.231. The van der Waals surface area contributed by atoms with E-state index in [0.29, 0.717) is 6.61 Å². The molecular weight excluding hydrogens is 218 g/mol. The lowest BCUT2D eigenvalue weighted by atomic mass is 10.0. The molecule has 0 spiro atoms. The molecule has 1 aromatic carbocycles. The Balaban J connectivity index is 2.32. The van der Waals surface area contributed by atoms with Crippen molar-refractivity contribution >= 4 is 11.3 Å². The minimum absolute atomic E-state index is 0.103. The normalized spacial score (nSPS) is 12.4. The van der Waals surface area contributed by atoms with Crippen LogP contribution in [0.4, 0.5) is 0 Å². The van der Waals surface area contributed by atoms with Crippen LogP contribution < -0.4 is 10.5 Å². The summed E-state index contributed by atoms with van der Waals surface area (Å²) in [6, 6.07) is 9.89. The van der Waals surface area contributed by atoms with Crippen LogP contribution in [0.15, 0.2) is 41.1 Å². The molecule has 0 amide bonds. The Kier molecular flexibility index (Phi) is 3.59. The molecule has 0 saturated carbocycles. The van der Waals surface area contributed by atoms with Gasteiger partial charge in [-0.1, -0.05) is 18.2 Å². The lowest BCUT2D eigenvalue weighted by molar-refractivity contribution is 0.335. The molecule has 2 nitrogen and oxygen atoms in total. The average molecular weight is 233 g/mol. The average Bonchev–Trinajstić information content (AvgIpc) is 2.83. The van der Waals surface area contributed by atoms with Gasteiger partial charge < -0.3 is 10.5 Å². The van der Waals surface area contributed by atoms with Gasteiger partial charge in [-0.25, -0.2) is 0 Å². The second kappa shape index (κ2) is 5.14. The summed E-state index contributed by atoms with van der Waals surface area (Å²) in [5, 5.41) is 4.12. The molecule has 1 unspecified atom stereocenters. The van der Waals surface area contributed by atoms with Crippen molar-refractivity contribution < 1.29 is 4.74 Å². The third-order valence-corrected chi connectivity index (χ3v) is 3.16. The van der Waals surface area contributed by atoms with Gasteiger partial charge in [-0.2, -0.15) is 11.3 Å². The van der Waals surface area contributed by atoms with E-state index in [1.807, 2.05) is 36.6 Å². The molecule has 0 aliphatic carbocycles. The second-order valence-electron chi connectivity index (χ2n) is 3.51. The first kappa shape index (κ1) is 11.2. The highest BCUT2D eigenvalue weighted by Crippen LogP contribution is 2.29. The molecule has 3 heteroatoms. The number of para-hydroxylation sites is 1. The van der Waals surface area contributed by atoms with Crippen LogP contribution in [0.2, 0.25) is 0 Å². The number of hydrogen-bond donors (Lipinski definition) is 1. The molecule has 0 aliphatic rings. The summed E-state index contributed by atoms with van der Waals surface area (Å²) in [7, 11) is 0. The molecular formula is C13H15NOS. The molecule has 16 heavy (non-hydrogen) atoms.